The van der Waals surface area contributed by atoms with Gasteiger partial charge in [0, 0.05) is 0 Å². The second-order valence-electron chi connectivity index (χ2n) is 24.7. The summed E-state index contributed by atoms with van der Waals surface area (Å²) in [7, 11) is -1.22. The second kappa shape index (κ2) is 63.7. The van der Waals surface area contributed by atoms with E-state index in [0.717, 1.165) is 0 Å². The van der Waals surface area contributed by atoms with Gasteiger partial charge in [-0.1, -0.05) is 137 Å². The Morgan fingerprint density at radius 3 is 0.300 bits per heavy atom. The molecule has 424 valence electrons. The summed E-state index contributed by atoms with van der Waals surface area (Å²) < 4.78 is 0. The molecule has 0 unspecified atom stereocenters. The maximum atomic E-state index is 2.34. The van der Waals surface area contributed by atoms with Gasteiger partial charge in [-0.3, -0.25) is 0 Å². The van der Waals surface area contributed by atoms with E-state index in [-0.39, 0.29) is 0 Å². The molecule has 0 bridgehead atoms. The van der Waals surface area contributed by atoms with Crippen LogP contribution in [-0.2, 0) is 0 Å². The minimum Gasteiger partial charge on any atom is -0.0654 e. The first-order chi connectivity index (χ1) is 34.7. The minimum atomic E-state index is -1.22. The molecule has 0 aliphatic carbocycles. The molecule has 0 radical (unpaired) electrons. The van der Waals surface area contributed by atoms with Crippen molar-refractivity contribution in [3.63, 3.8) is 0 Å². The molecule has 1 heteroatoms. The predicted octanol–water partition coefficient (Wildman–Crippen LogP) is 26.6. The van der Waals surface area contributed by atoms with Crippen LogP contribution >= 0.6 is 7.26 Å². The molecule has 0 atom stereocenters. The zero-order valence-electron chi connectivity index (χ0n) is 50.5. The van der Waals surface area contributed by atoms with E-state index in [1.54, 1.807) is 76.0 Å². The van der Waals surface area contributed by atoms with E-state index in [1.165, 1.54) is 340 Å². The molecule has 0 saturated carbocycles. The van der Waals surface area contributed by atoms with E-state index < -0.39 is 7.26 Å². The molecule has 0 aliphatic heterocycles. The third kappa shape index (κ3) is 57.7. The van der Waals surface area contributed by atoms with Gasteiger partial charge in [-0.25, -0.2) is 0 Å². The Morgan fingerprint density at radius 1 is 0.114 bits per heavy atom. The molecule has 0 aromatic rings. The molecule has 0 saturated heterocycles. The van der Waals surface area contributed by atoms with Gasteiger partial charge in [-0.05, 0) is 0 Å². The third-order valence-electron chi connectivity index (χ3n) is 17.5. The molecule has 0 heterocycles. The molecule has 0 amide bonds. The molecule has 0 aromatic carbocycles. The van der Waals surface area contributed by atoms with Crippen LogP contribution in [0.5, 0.6) is 0 Å². The number of hydrogen-bond donors (Lipinski definition) is 0. The SMILES string of the molecule is CCCCCCCCCCCCCCCCCC[PH](CCCCCCCCCCCCCCCCC)(CCCCCCCCCCCCCCCCC)CCCCCCCCCCCCCCCCC. The van der Waals surface area contributed by atoms with Crippen LogP contribution in [0.4, 0.5) is 0 Å². The van der Waals surface area contributed by atoms with Gasteiger partial charge < -0.3 is 0 Å². The summed E-state index contributed by atoms with van der Waals surface area (Å²) in [5, 5.41) is 0. The number of rotatable bonds is 65. The van der Waals surface area contributed by atoms with E-state index in [2.05, 4.69) is 27.7 Å². The van der Waals surface area contributed by atoms with E-state index in [4.69, 9.17) is 0 Å². The van der Waals surface area contributed by atoms with E-state index in [0.29, 0.717) is 0 Å². The summed E-state index contributed by atoms with van der Waals surface area (Å²) in [6.45, 7) is 9.34. The standard InChI is InChI=1S/C69H143P/c1-5-9-13-17-21-25-29-33-37-41-45-49-53-57-61-65-69-70(66-62-58-54-50-46-42-38-34-30-26-22-18-14-10-6-2,67-63-59-55-51-47-43-39-35-31-27-23-19-15-11-7-3)68-64-60-56-52-48-44-40-36-32-28-24-20-16-12-8-4/h70H,5-69H2,1-4H3. The summed E-state index contributed by atoms with van der Waals surface area (Å²) in [4.78, 5) is 0. The zero-order valence-corrected chi connectivity index (χ0v) is 51.5. The van der Waals surface area contributed by atoms with Crippen LogP contribution in [0.25, 0.3) is 0 Å². The average molecular weight is 1000 g/mol. The van der Waals surface area contributed by atoms with Crippen molar-refractivity contribution in [3.8, 4) is 0 Å². The van der Waals surface area contributed by atoms with Gasteiger partial charge in [0.1, 0.15) is 0 Å². The van der Waals surface area contributed by atoms with Crippen LogP contribution in [0.3, 0.4) is 0 Å². The number of hydrogen-bond acceptors (Lipinski definition) is 0. The van der Waals surface area contributed by atoms with Crippen molar-refractivity contribution in [2.24, 2.45) is 0 Å². The van der Waals surface area contributed by atoms with Crippen molar-refractivity contribution >= 4 is 7.26 Å². The molecule has 70 heavy (non-hydrogen) atoms. The van der Waals surface area contributed by atoms with Crippen LogP contribution in [0.15, 0.2) is 0 Å². The average Bonchev–Trinajstić information content (AvgIpc) is 3.37. The van der Waals surface area contributed by atoms with Crippen molar-refractivity contribution < 1.29 is 0 Å². The first-order valence-electron chi connectivity index (χ1n) is 34.7. The van der Waals surface area contributed by atoms with Crippen molar-refractivity contribution in [1.82, 2.24) is 0 Å². The topological polar surface area (TPSA) is 0 Å². The smallest absolute Gasteiger partial charge is 0.0654 e. The van der Waals surface area contributed by atoms with Gasteiger partial charge in [0.25, 0.3) is 0 Å². The molecule has 0 rings (SSSR count). The Kier molecular flexibility index (Phi) is 64.1. The van der Waals surface area contributed by atoms with Gasteiger partial charge in [-0.15, -0.1) is 0 Å². The summed E-state index contributed by atoms with van der Waals surface area (Å²) in [6, 6.07) is 0. The van der Waals surface area contributed by atoms with Gasteiger partial charge in [-0.2, -0.15) is 0 Å². The second-order valence-corrected chi connectivity index (χ2v) is 29.7. The summed E-state index contributed by atoms with van der Waals surface area (Å²) >= 11 is 0. The monoisotopic (exact) mass is 1000 g/mol. The molecule has 0 nitrogen and oxygen atoms in total. The van der Waals surface area contributed by atoms with Crippen LogP contribution < -0.4 is 0 Å². The van der Waals surface area contributed by atoms with E-state index in [9.17, 15) is 0 Å². The Hall–Kier alpha value is 0.430. The molecule has 0 N–H and O–H groups in total. The first kappa shape index (κ1) is 70.4. The molecule has 0 aromatic heterocycles. The fourth-order valence-corrected chi connectivity index (χ4v) is 17.9. The quantitative estimate of drug-likeness (QED) is 0.0421. The summed E-state index contributed by atoms with van der Waals surface area (Å²) in [5.74, 6) is 0. The summed E-state index contributed by atoms with van der Waals surface area (Å²) in [5.41, 5.74) is 0. The van der Waals surface area contributed by atoms with Crippen LogP contribution in [0, 0.1) is 0 Å². The normalized spacial score (nSPS) is 12.2. The Morgan fingerprint density at radius 2 is 0.200 bits per heavy atom. The number of unbranched alkanes of at least 4 members (excludes halogenated alkanes) is 57. The van der Waals surface area contributed by atoms with Crippen LogP contribution in [0.2, 0.25) is 0 Å². The zero-order chi connectivity index (χ0) is 50.5. The Bertz CT molecular complexity index is 795. The van der Waals surface area contributed by atoms with Crippen molar-refractivity contribution in [3.05, 3.63) is 0 Å². The summed E-state index contributed by atoms with van der Waals surface area (Å²) in [6.07, 6.45) is 98.1. The first-order valence-corrected chi connectivity index (χ1v) is 37.6. The molecule has 0 spiro atoms. The van der Waals surface area contributed by atoms with Gasteiger partial charge in [0.15, 0.2) is 0 Å². The Balaban J connectivity index is 4.95. The van der Waals surface area contributed by atoms with Crippen LogP contribution in [0.1, 0.15) is 419 Å². The van der Waals surface area contributed by atoms with Gasteiger partial charge in [0.05, 0.1) is 0 Å². The molecular weight excluding hydrogens is 860 g/mol. The maximum absolute atomic E-state index is 2.34. The van der Waals surface area contributed by atoms with Crippen LogP contribution in [-0.4, -0.2) is 24.6 Å². The van der Waals surface area contributed by atoms with Crippen molar-refractivity contribution in [2.45, 2.75) is 419 Å². The van der Waals surface area contributed by atoms with Crippen molar-refractivity contribution in [1.29, 1.82) is 0 Å². The Labute approximate surface area is 449 Å². The fraction of sp³-hybridized carbons (Fsp3) is 1.00. The van der Waals surface area contributed by atoms with Gasteiger partial charge in [0.2, 0.25) is 0 Å². The van der Waals surface area contributed by atoms with E-state index >= 15 is 0 Å². The predicted molar refractivity (Wildman–Crippen MR) is 332 cm³/mol. The minimum absolute atomic E-state index is 1.22. The fourth-order valence-electron chi connectivity index (χ4n) is 12.4. The van der Waals surface area contributed by atoms with Crippen molar-refractivity contribution in [2.75, 3.05) is 24.6 Å². The van der Waals surface area contributed by atoms with E-state index in [1.807, 2.05) is 0 Å². The molecular formula is C69H143P. The van der Waals surface area contributed by atoms with Gasteiger partial charge >= 0.3 is 314 Å². The molecule has 0 fully saturated rings. The molecule has 0 aliphatic rings. The third-order valence-corrected chi connectivity index (χ3v) is 23.1.